The number of hydrogen-bond donors (Lipinski definition) is 3. The van der Waals surface area contributed by atoms with Crippen molar-refractivity contribution in [2.75, 3.05) is 11.9 Å². The van der Waals surface area contributed by atoms with Gasteiger partial charge in [-0.05, 0) is 31.2 Å². The molecule has 3 N–H and O–H groups in total. The normalized spacial score (nSPS) is 11.5. The van der Waals surface area contributed by atoms with E-state index in [1.165, 1.54) is 17.0 Å². The van der Waals surface area contributed by atoms with Gasteiger partial charge in [-0.1, -0.05) is 23.7 Å². The molecular formula is C17H17ClN4O3S2. The Labute approximate surface area is 165 Å². The standard InChI is InChI=1S/C17H17ClN4O3S2/c1-11-6-7-14(26-11)13-10-16(22-21-13)20-17(23)8-9-19-27(24,25)15-5-3-2-4-12(15)18/h2-7,10,19H,8-9H2,1H3,(H2,20,21,22,23). The molecule has 3 aromatic rings. The monoisotopic (exact) mass is 424 g/mol. The van der Waals surface area contributed by atoms with Crippen LogP contribution in [0.3, 0.4) is 0 Å². The first-order valence-electron chi connectivity index (χ1n) is 8.01. The lowest BCUT2D eigenvalue weighted by molar-refractivity contribution is -0.116. The Hall–Kier alpha value is -2.20. The van der Waals surface area contributed by atoms with Gasteiger partial charge in [-0.2, -0.15) is 5.10 Å². The Morgan fingerprint density at radius 2 is 2.04 bits per heavy atom. The van der Waals surface area contributed by atoms with Crippen molar-refractivity contribution in [2.45, 2.75) is 18.2 Å². The van der Waals surface area contributed by atoms with Crippen LogP contribution >= 0.6 is 22.9 Å². The van der Waals surface area contributed by atoms with Crippen LogP contribution in [0.15, 0.2) is 47.4 Å². The first-order valence-corrected chi connectivity index (χ1v) is 10.7. The zero-order chi connectivity index (χ0) is 19.4. The summed E-state index contributed by atoms with van der Waals surface area (Å²) in [5.74, 6) is 0.0345. The third-order valence-electron chi connectivity index (χ3n) is 3.62. The molecule has 27 heavy (non-hydrogen) atoms. The van der Waals surface area contributed by atoms with E-state index in [0.717, 1.165) is 10.6 Å². The minimum atomic E-state index is -3.77. The third kappa shape index (κ3) is 4.95. The Balaban J connectivity index is 1.53. The molecule has 0 aliphatic heterocycles. The second kappa shape index (κ2) is 8.22. The second-order valence-electron chi connectivity index (χ2n) is 5.70. The molecular weight excluding hydrogens is 408 g/mol. The molecule has 142 valence electrons. The van der Waals surface area contributed by atoms with E-state index in [2.05, 4.69) is 20.2 Å². The van der Waals surface area contributed by atoms with Crippen molar-refractivity contribution in [1.82, 2.24) is 14.9 Å². The molecule has 0 atom stereocenters. The number of rotatable bonds is 7. The van der Waals surface area contributed by atoms with Crippen LogP contribution in [-0.4, -0.2) is 31.1 Å². The van der Waals surface area contributed by atoms with Crippen molar-refractivity contribution in [1.29, 1.82) is 0 Å². The number of carbonyl (C=O) groups is 1. The van der Waals surface area contributed by atoms with Crippen molar-refractivity contribution in [2.24, 2.45) is 0 Å². The molecule has 0 radical (unpaired) electrons. The Morgan fingerprint density at radius 3 is 2.74 bits per heavy atom. The van der Waals surface area contributed by atoms with Crippen LogP contribution in [0.4, 0.5) is 5.82 Å². The molecule has 0 saturated carbocycles. The molecule has 0 bridgehead atoms. The van der Waals surface area contributed by atoms with Gasteiger partial charge in [0.05, 0.1) is 15.6 Å². The van der Waals surface area contributed by atoms with Gasteiger partial charge in [0.2, 0.25) is 15.9 Å². The highest BCUT2D eigenvalue weighted by atomic mass is 35.5. The minimum absolute atomic E-state index is 0.0183. The first kappa shape index (κ1) is 19.6. The lowest BCUT2D eigenvalue weighted by Crippen LogP contribution is -2.28. The summed E-state index contributed by atoms with van der Waals surface area (Å²) >= 11 is 7.52. The summed E-state index contributed by atoms with van der Waals surface area (Å²) in [7, 11) is -3.77. The molecule has 0 saturated heterocycles. The van der Waals surface area contributed by atoms with E-state index in [-0.39, 0.29) is 28.8 Å². The van der Waals surface area contributed by atoms with E-state index in [9.17, 15) is 13.2 Å². The predicted molar refractivity (Wildman–Crippen MR) is 107 cm³/mol. The smallest absolute Gasteiger partial charge is 0.242 e. The number of nitrogens with zero attached hydrogens (tertiary/aromatic N) is 1. The summed E-state index contributed by atoms with van der Waals surface area (Å²) in [6.45, 7) is 1.96. The molecule has 2 aromatic heterocycles. The van der Waals surface area contributed by atoms with Crippen molar-refractivity contribution < 1.29 is 13.2 Å². The number of benzene rings is 1. The number of carbonyl (C=O) groups excluding carboxylic acids is 1. The quantitative estimate of drug-likeness (QED) is 0.540. The predicted octanol–water partition coefficient (Wildman–Crippen LogP) is 3.41. The molecule has 3 rings (SSSR count). The summed E-state index contributed by atoms with van der Waals surface area (Å²) in [4.78, 5) is 14.2. The lowest BCUT2D eigenvalue weighted by Gasteiger charge is -2.08. The molecule has 0 aliphatic carbocycles. The van der Waals surface area contributed by atoms with Crippen molar-refractivity contribution in [3.05, 3.63) is 52.4 Å². The van der Waals surface area contributed by atoms with Crippen molar-refractivity contribution in [3.63, 3.8) is 0 Å². The number of aromatic amines is 1. The van der Waals surface area contributed by atoms with Crippen molar-refractivity contribution >= 4 is 44.7 Å². The maximum absolute atomic E-state index is 12.2. The van der Waals surface area contributed by atoms with E-state index in [1.54, 1.807) is 29.5 Å². The fourth-order valence-corrected chi connectivity index (χ4v) is 4.72. The van der Waals surface area contributed by atoms with Crippen molar-refractivity contribution in [3.8, 4) is 10.6 Å². The number of halogens is 1. The summed E-state index contributed by atoms with van der Waals surface area (Å²) in [6.07, 6.45) is -0.0377. The first-order chi connectivity index (χ1) is 12.8. The molecule has 0 fully saturated rings. The van der Waals surface area contributed by atoms with Crippen LogP contribution in [0.2, 0.25) is 5.02 Å². The minimum Gasteiger partial charge on any atom is -0.309 e. The van der Waals surface area contributed by atoms with Gasteiger partial charge in [-0.3, -0.25) is 9.89 Å². The zero-order valence-electron chi connectivity index (χ0n) is 14.3. The van der Waals surface area contributed by atoms with Gasteiger partial charge < -0.3 is 5.32 Å². The fourth-order valence-electron chi connectivity index (χ4n) is 2.34. The van der Waals surface area contributed by atoms with Gasteiger partial charge in [0.1, 0.15) is 4.90 Å². The van der Waals surface area contributed by atoms with Crippen LogP contribution < -0.4 is 10.0 Å². The Kier molecular flexibility index (Phi) is 5.95. The highest BCUT2D eigenvalue weighted by Gasteiger charge is 2.17. The summed E-state index contributed by atoms with van der Waals surface area (Å²) in [5.41, 5.74) is 0.808. The van der Waals surface area contributed by atoms with Gasteiger partial charge in [-0.15, -0.1) is 11.3 Å². The maximum atomic E-state index is 12.2. The number of nitrogens with one attached hydrogen (secondary N) is 3. The molecule has 1 aromatic carbocycles. The lowest BCUT2D eigenvalue weighted by atomic mass is 10.3. The average molecular weight is 425 g/mol. The van der Waals surface area contributed by atoms with E-state index >= 15 is 0 Å². The van der Waals surface area contributed by atoms with E-state index in [0.29, 0.717) is 5.82 Å². The number of aryl methyl sites for hydroxylation is 1. The average Bonchev–Trinajstić information content (AvgIpc) is 3.24. The molecule has 0 unspecified atom stereocenters. The van der Waals surface area contributed by atoms with Gasteiger partial charge >= 0.3 is 0 Å². The van der Waals surface area contributed by atoms with Gasteiger partial charge in [0.25, 0.3) is 0 Å². The highest BCUT2D eigenvalue weighted by Crippen LogP contribution is 2.27. The number of sulfonamides is 1. The summed E-state index contributed by atoms with van der Waals surface area (Å²) in [5, 5.41) is 9.69. The number of thiophene rings is 1. The molecule has 10 heteroatoms. The molecule has 2 heterocycles. The SMILES string of the molecule is Cc1ccc(-c2cc(NC(=O)CCNS(=O)(=O)c3ccccc3Cl)n[nH]2)s1. The van der Waals surface area contributed by atoms with Gasteiger partial charge in [0.15, 0.2) is 5.82 Å². The Bertz CT molecular complexity index is 1060. The summed E-state index contributed by atoms with van der Waals surface area (Å²) in [6, 6.07) is 11.8. The van der Waals surface area contributed by atoms with Gasteiger partial charge in [-0.25, -0.2) is 13.1 Å². The van der Waals surface area contributed by atoms with Gasteiger partial charge in [0, 0.05) is 23.9 Å². The zero-order valence-corrected chi connectivity index (χ0v) is 16.7. The van der Waals surface area contributed by atoms with E-state index in [4.69, 9.17) is 11.6 Å². The number of H-pyrrole nitrogens is 1. The maximum Gasteiger partial charge on any atom is 0.242 e. The number of anilines is 1. The number of amides is 1. The Morgan fingerprint density at radius 1 is 1.26 bits per heavy atom. The topological polar surface area (TPSA) is 104 Å². The summed E-state index contributed by atoms with van der Waals surface area (Å²) < 4.78 is 26.8. The number of hydrogen-bond acceptors (Lipinski definition) is 5. The molecule has 0 spiro atoms. The third-order valence-corrected chi connectivity index (χ3v) is 6.62. The highest BCUT2D eigenvalue weighted by molar-refractivity contribution is 7.89. The van der Waals surface area contributed by atoms with Crippen LogP contribution in [0.5, 0.6) is 0 Å². The van der Waals surface area contributed by atoms with Crippen LogP contribution in [0.1, 0.15) is 11.3 Å². The van der Waals surface area contributed by atoms with E-state index in [1.807, 2.05) is 19.1 Å². The fraction of sp³-hybridized carbons (Fsp3) is 0.176. The second-order valence-corrected chi connectivity index (χ2v) is 9.13. The van der Waals surface area contributed by atoms with Crippen LogP contribution in [-0.2, 0) is 14.8 Å². The van der Waals surface area contributed by atoms with Crippen LogP contribution in [0.25, 0.3) is 10.6 Å². The van der Waals surface area contributed by atoms with E-state index < -0.39 is 10.0 Å². The molecule has 1 amide bonds. The molecule has 7 nitrogen and oxygen atoms in total. The van der Waals surface area contributed by atoms with Crippen LogP contribution in [0, 0.1) is 6.92 Å². The number of aromatic nitrogens is 2. The molecule has 0 aliphatic rings. The largest absolute Gasteiger partial charge is 0.309 e.